The quantitative estimate of drug-likeness (QED) is 0.344. The number of carbonyl (C=O) groups is 2. The third kappa shape index (κ3) is 5.09. The minimum atomic E-state index is 0.202. The first-order valence-corrected chi connectivity index (χ1v) is 12.1. The van der Waals surface area contributed by atoms with Crippen molar-refractivity contribution in [3.8, 4) is 34.2 Å². The van der Waals surface area contributed by atoms with Gasteiger partial charge in [0.1, 0.15) is 17.7 Å². The van der Waals surface area contributed by atoms with Gasteiger partial charge in [-0.1, -0.05) is 6.07 Å². The first-order valence-electron chi connectivity index (χ1n) is 12.1. The lowest BCUT2D eigenvalue weighted by molar-refractivity contribution is 0.111. The van der Waals surface area contributed by atoms with Crippen LogP contribution in [0.25, 0.3) is 16.9 Å². The largest absolute Gasteiger partial charge is 0.508 e. The van der Waals surface area contributed by atoms with Gasteiger partial charge in [-0.2, -0.15) is 5.10 Å². The van der Waals surface area contributed by atoms with E-state index in [1.54, 1.807) is 35.0 Å². The van der Waals surface area contributed by atoms with E-state index in [1.165, 1.54) is 12.6 Å². The Balaban J connectivity index is 0.000000201. The number of nitrogens with two attached hydrogens (primary N) is 1. The lowest BCUT2D eigenvalue weighted by Crippen LogP contribution is -2.08. The first-order chi connectivity index (χ1) is 18.5. The molecule has 0 unspecified atom stereocenters. The molecule has 6 rings (SSSR count). The van der Waals surface area contributed by atoms with Crippen LogP contribution >= 0.6 is 0 Å². The van der Waals surface area contributed by atoms with Crippen molar-refractivity contribution in [3.63, 3.8) is 0 Å². The van der Waals surface area contributed by atoms with E-state index in [0.29, 0.717) is 17.0 Å². The van der Waals surface area contributed by atoms with Crippen LogP contribution in [-0.4, -0.2) is 48.3 Å². The van der Waals surface area contributed by atoms with E-state index in [9.17, 15) is 14.7 Å². The average Bonchev–Trinajstić information content (AvgIpc) is 3.58. The minimum Gasteiger partial charge on any atom is -0.508 e. The third-order valence-corrected chi connectivity index (χ3v) is 6.41. The second-order valence-electron chi connectivity index (χ2n) is 8.56. The molecule has 4 aromatic rings. The zero-order valence-corrected chi connectivity index (χ0v) is 21.5. The van der Waals surface area contributed by atoms with Crippen LogP contribution in [0.5, 0.6) is 17.2 Å². The Morgan fingerprint density at radius 3 is 2.34 bits per heavy atom. The standard InChI is InChI=1S/C19H17N3O2.C9H8O3.CH5N/c1-20-13-4-2-12-3-9-16-18(11-23)21-22(19(16)17(12)10-13)14-5-7-15(24)8-6-14;1-6-2-8-9(12-5-11-8)3-7(6)4-10;1-2/h2,4-8,10-11,20,24H,3,9H2,1H3;2-4H,5H2,1H3;2H2,1H3. The van der Waals surface area contributed by atoms with Gasteiger partial charge in [0.25, 0.3) is 0 Å². The van der Waals surface area contributed by atoms with Gasteiger partial charge >= 0.3 is 0 Å². The summed E-state index contributed by atoms with van der Waals surface area (Å²) in [5, 5.41) is 17.2. The van der Waals surface area contributed by atoms with Crippen LogP contribution in [0.15, 0.2) is 54.6 Å². The monoisotopic (exact) mass is 514 g/mol. The summed E-state index contributed by atoms with van der Waals surface area (Å²) in [7, 11) is 3.39. The molecule has 0 amide bonds. The SMILES string of the molecule is CN.CNc1ccc2c(c1)-c1c(c(C=O)nn1-c1ccc(O)cc1)CC2.Cc1cc2c(cc1C=O)OCO2. The molecule has 9 nitrogen and oxygen atoms in total. The van der Waals surface area contributed by atoms with Gasteiger partial charge < -0.3 is 25.6 Å². The predicted octanol–water partition coefficient (Wildman–Crippen LogP) is 4.31. The van der Waals surface area contributed by atoms with Gasteiger partial charge in [0.05, 0.1) is 11.4 Å². The number of aldehydes is 2. The van der Waals surface area contributed by atoms with Crippen LogP contribution in [0.3, 0.4) is 0 Å². The summed E-state index contributed by atoms with van der Waals surface area (Å²) < 4.78 is 12.1. The van der Waals surface area contributed by atoms with E-state index in [-0.39, 0.29) is 12.5 Å². The number of ether oxygens (including phenoxy) is 2. The van der Waals surface area contributed by atoms with E-state index in [1.807, 2.05) is 20.0 Å². The molecule has 0 saturated carbocycles. The van der Waals surface area contributed by atoms with Crippen LogP contribution < -0.4 is 20.5 Å². The van der Waals surface area contributed by atoms with Gasteiger partial charge in [-0.3, -0.25) is 9.59 Å². The van der Waals surface area contributed by atoms with E-state index in [2.05, 4.69) is 34.3 Å². The number of rotatable bonds is 4. The Kier molecular flexibility index (Phi) is 8.08. The number of hydrogen-bond donors (Lipinski definition) is 3. The number of nitrogens with one attached hydrogen (secondary N) is 1. The summed E-state index contributed by atoms with van der Waals surface area (Å²) in [6, 6.07) is 16.6. The number of anilines is 1. The normalized spacial score (nSPS) is 12.1. The number of aryl methyl sites for hydroxylation is 2. The van der Waals surface area contributed by atoms with Gasteiger partial charge in [0.2, 0.25) is 6.79 Å². The Hall–Kier alpha value is -4.63. The minimum absolute atomic E-state index is 0.202. The number of nitrogens with zero attached hydrogens (tertiary/aromatic N) is 2. The van der Waals surface area contributed by atoms with Crippen LogP contribution in [-0.2, 0) is 12.8 Å². The zero-order valence-electron chi connectivity index (χ0n) is 21.5. The maximum atomic E-state index is 11.5. The molecule has 196 valence electrons. The first kappa shape index (κ1) is 26.4. The van der Waals surface area contributed by atoms with Crippen molar-refractivity contribution < 1.29 is 24.2 Å². The molecule has 0 bridgehead atoms. The second-order valence-corrected chi connectivity index (χ2v) is 8.56. The second kappa shape index (κ2) is 11.6. The highest BCUT2D eigenvalue weighted by Crippen LogP contribution is 2.38. The van der Waals surface area contributed by atoms with Crippen molar-refractivity contribution in [2.75, 3.05) is 26.2 Å². The fourth-order valence-electron chi connectivity index (χ4n) is 4.48. The summed E-state index contributed by atoms with van der Waals surface area (Å²) in [5.41, 5.74) is 12.7. The molecule has 3 aromatic carbocycles. The molecule has 4 N–H and O–H groups in total. The average molecular weight is 515 g/mol. The number of hydrogen-bond acceptors (Lipinski definition) is 8. The summed E-state index contributed by atoms with van der Waals surface area (Å²) in [6.45, 7) is 2.11. The molecule has 1 aliphatic heterocycles. The Bertz CT molecular complexity index is 1460. The van der Waals surface area contributed by atoms with Crippen molar-refractivity contribution >= 4 is 18.3 Å². The highest BCUT2D eigenvalue weighted by Gasteiger charge is 2.26. The molecular weight excluding hydrogens is 484 g/mol. The molecule has 0 saturated heterocycles. The van der Waals surface area contributed by atoms with Crippen molar-refractivity contribution in [2.24, 2.45) is 5.73 Å². The molecule has 0 atom stereocenters. The Labute approximate surface area is 220 Å². The third-order valence-electron chi connectivity index (χ3n) is 6.41. The fourth-order valence-corrected chi connectivity index (χ4v) is 4.48. The lowest BCUT2D eigenvalue weighted by Gasteiger charge is -2.19. The van der Waals surface area contributed by atoms with Gasteiger partial charge in [-0.15, -0.1) is 0 Å². The number of phenolic OH excluding ortho intramolecular Hbond substituents is 1. The van der Waals surface area contributed by atoms with E-state index in [0.717, 1.165) is 64.9 Å². The van der Waals surface area contributed by atoms with Gasteiger partial charge in [-0.05, 0) is 86.5 Å². The van der Waals surface area contributed by atoms with Crippen molar-refractivity contribution in [1.29, 1.82) is 0 Å². The number of aromatic hydroxyl groups is 1. The van der Waals surface area contributed by atoms with Gasteiger partial charge in [0.15, 0.2) is 17.8 Å². The Morgan fingerprint density at radius 2 is 1.68 bits per heavy atom. The number of carbonyl (C=O) groups excluding carboxylic acids is 2. The maximum Gasteiger partial charge on any atom is 0.231 e. The number of aromatic nitrogens is 2. The fraction of sp³-hybridized carbons (Fsp3) is 0.207. The van der Waals surface area contributed by atoms with Crippen molar-refractivity contribution in [2.45, 2.75) is 19.8 Å². The van der Waals surface area contributed by atoms with Crippen LogP contribution in [0, 0.1) is 6.92 Å². The summed E-state index contributed by atoms with van der Waals surface area (Å²) in [5.74, 6) is 1.58. The summed E-state index contributed by atoms with van der Waals surface area (Å²) in [6.07, 6.45) is 3.34. The van der Waals surface area contributed by atoms with Crippen molar-refractivity contribution in [3.05, 3.63) is 82.5 Å². The summed E-state index contributed by atoms with van der Waals surface area (Å²) >= 11 is 0. The van der Waals surface area contributed by atoms with Gasteiger partial charge in [0, 0.05) is 29.4 Å². The molecule has 1 aromatic heterocycles. The van der Waals surface area contributed by atoms with Gasteiger partial charge in [-0.25, -0.2) is 4.68 Å². The Morgan fingerprint density at radius 1 is 0.974 bits per heavy atom. The molecule has 0 spiro atoms. The number of benzene rings is 3. The van der Waals surface area contributed by atoms with Crippen LogP contribution in [0.1, 0.15) is 37.5 Å². The molecular formula is C29H30N4O5. The molecule has 1 aliphatic carbocycles. The maximum absolute atomic E-state index is 11.5. The zero-order chi connectivity index (χ0) is 27.2. The highest BCUT2D eigenvalue weighted by atomic mass is 16.7. The van der Waals surface area contributed by atoms with Crippen molar-refractivity contribution in [1.82, 2.24) is 9.78 Å². The topological polar surface area (TPSA) is 129 Å². The molecule has 0 fully saturated rings. The van der Waals surface area contributed by atoms with Crippen LogP contribution in [0.2, 0.25) is 0 Å². The number of phenols is 1. The molecule has 2 aliphatic rings. The molecule has 0 radical (unpaired) electrons. The van der Waals surface area contributed by atoms with E-state index in [4.69, 9.17) is 9.47 Å². The smallest absolute Gasteiger partial charge is 0.231 e. The number of fused-ring (bicyclic) bond motifs is 4. The summed E-state index contributed by atoms with van der Waals surface area (Å²) in [4.78, 5) is 22.0. The molecule has 38 heavy (non-hydrogen) atoms. The predicted molar refractivity (Wildman–Crippen MR) is 146 cm³/mol. The molecule has 2 heterocycles. The van der Waals surface area contributed by atoms with Crippen LogP contribution in [0.4, 0.5) is 5.69 Å². The highest BCUT2D eigenvalue weighted by molar-refractivity contribution is 5.84. The molecule has 9 heteroatoms. The van der Waals surface area contributed by atoms with E-state index < -0.39 is 0 Å². The lowest BCUT2D eigenvalue weighted by atomic mass is 9.88. The van der Waals surface area contributed by atoms with E-state index >= 15 is 0 Å².